The number of hydrogen-bond donors (Lipinski definition) is 1. The van der Waals surface area contributed by atoms with Gasteiger partial charge in [0.1, 0.15) is 11.9 Å². The highest BCUT2D eigenvalue weighted by molar-refractivity contribution is 6.16. The van der Waals surface area contributed by atoms with Crippen LogP contribution in [0, 0.1) is 6.92 Å². The van der Waals surface area contributed by atoms with Crippen molar-refractivity contribution in [3.8, 4) is 16.9 Å². The molecule has 0 amide bonds. The molecule has 1 aliphatic carbocycles. The normalized spacial score (nSPS) is 16.8. The molecule has 1 N–H and O–H groups in total. The maximum Gasteiger partial charge on any atom is 0.144 e. The van der Waals surface area contributed by atoms with E-state index >= 15 is 0 Å². The van der Waals surface area contributed by atoms with E-state index in [1.807, 2.05) is 0 Å². The van der Waals surface area contributed by atoms with Gasteiger partial charge in [-0.3, -0.25) is 0 Å². The number of anilines is 2. The van der Waals surface area contributed by atoms with Crippen molar-refractivity contribution < 1.29 is 4.74 Å². The van der Waals surface area contributed by atoms with Gasteiger partial charge in [0.2, 0.25) is 0 Å². The molecular formula is C35H30N2O. The Bertz CT molecular complexity index is 1770. The van der Waals surface area contributed by atoms with Crippen LogP contribution in [-0.4, -0.2) is 11.1 Å². The minimum absolute atomic E-state index is 0.0112. The topological polar surface area (TPSA) is 28.3 Å². The molecule has 3 nitrogen and oxygen atoms in total. The van der Waals surface area contributed by atoms with Crippen molar-refractivity contribution in [2.24, 2.45) is 0 Å². The largest absolute Gasteiger partial charge is 0.482 e. The van der Waals surface area contributed by atoms with Crippen LogP contribution < -0.4 is 9.64 Å². The lowest BCUT2D eigenvalue weighted by Crippen LogP contribution is -2.34. The Kier molecular flexibility index (Phi) is 5.44. The third-order valence-corrected chi connectivity index (χ3v) is 7.80. The van der Waals surface area contributed by atoms with E-state index in [-0.39, 0.29) is 6.10 Å². The van der Waals surface area contributed by atoms with E-state index in [2.05, 4.69) is 133 Å². The monoisotopic (exact) mass is 494 g/mol. The Balaban J connectivity index is 1.46. The summed E-state index contributed by atoms with van der Waals surface area (Å²) in [6.07, 6.45) is 12.9. The first kappa shape index (κ1) is 22.7. The summed E-state index contributed by atoms with van der Waals surface area (Å²) >= 11 is 0. The standard InChI is InChI=1S/C35H30N2O/c1-3-11-24-18-20-29-34(23(24)2)35-27(14-10-15-28(35)36-29)25-19-21-33-31(22-25)37(26-12-6-4-7-13-26)30-16-8-5-9-17-32(30)38-33/h3-7,9-16,18-22,32,36H,8,17H2,1-2H3/b11-3-. The number of hydrogen-bond acceptors (Lipinski definition) is 2. The molecule has 0 bridgehead atoms. The molecule has 2 aliphatic rings. The van der Waals surface area contributed by atoms with E-state index in [9.17, 15) is 0 Å². The summed E-state index contributed by atoms with van der Waals surface area (Å²) in [4.78, 5) is 6.06. The number of aromatic amines is 1. The highest BCUT2D eigenvalue weighted by Crippen LogP contribution is 2.47. The van der Waals surface area contributed by atoms with Crippen molar-refractivity contribution in [2.45, 2.75) is 32.8 Å². The van der Waals surface area contributed by atoms with Crippen LogP contribution in [0.5, 0.6) is 5.75 Å². The van der Waals surface area contributed by atoms with Crippen molar-refractivity contribution in [1.82, 2.24) is 4.98 Å². The number of nitrogens with zero attached hydrogens (tertiary/aromatic N) is 1. The molecule has 0 spiro atoms. The maximum absolute atomic E-state index is 6.59. The lowest BCUT2D eigenvalue weighted by Gasteiger charge is -2.38. The predicted molar refractivity (Wildman–Crippen MR) is 160 cm³/mol. The smallest absolute Gasteiger partial charge is 0.144 e. The van der Waals surface area contributed by atoms with E-state index in [0.717, 1.165) is 35.5 Å². The zero-order valence-corrected chi connectivity index (χ0v) is 21.7. The van der Waals surface area contributed by atoms with Gasteiger partial charge in [-0.05, 0) is 78.9 Å². The number of aromatic nitrogens is 1. The van der Waals surface area contributed by atoms with Gasteiger partial charge in [-0.2, -0.15) is 0 Å². The van der Waals surface area contributed by atoms with Crippen molar-refractivity contribution >= 4 is 39.3 Å². The molecule has 1 unspecified atom stereocenters. The highest BCUT2D eigenvalue weighted by atomic mass is 16.5. The summed E-state index contributed by atoms with van der Waals surface area (Å²) in [5, 5.41) is 2.56. The second kappa shape index (κ2) is 9.11. The van der Waals surface area contributed by atoms with Crippen LogP contribution in [0.2, 0.25) is 0 Å². The lowest BCUT2D eigenvalue weighted by molar-refractivity contribution is 0.230. The number of H-pyrrole nitrogens is 1. The molecule has 38 heavy (non-hydrogen) atoms. The van der Waals surface area contributed by atoms with Gasteiger partial charge >= 0.3 is 0 Å². The second-order valence-electron chi connectivity index (χ2n) is 10.1. The average Bonchev–Trinajstić information content (AvgIpc) is 3.18. The van der Waals surface area contributed by atoms with E-state index < -0.39 is 0 Å². The predicted octanol–water partition coefficient (Wildman–Crippen LogP) is 9.46. The highest BCUT2D eigenvalue weighted by Gasteiger charge is 2.32. The summed E-state index contributed by atoms with van der Waals surface area (Å²) < 4.78 is 6.59. The van der Waals surface area contributed by atoms with Crippen LogP contribution in [0.4, 0.5) is 11.4 Å². The second-order valence-corrected chi connectivity index (χ2v) is 10.1. The van der Waals surface area contributed by atoms with Crippen LogP contribution in [-0.2, 0) is 0 Å². The Morgan fingerprint density at radius 1 is 0.895 bits per heavy atom. The maximum atomic E-state index is 6.59. The van der Waals surface area contributed by atoms with Crippen LogP contribution in [0.3, 0.4) is 0 Å². The van der Waals surface area contributed by atoms with Gasteiger partial charge in [-0.1, -0.05) is 72.8 Å². The van der Waals surface area contributed by atoms with Crippen molar-refractivity contribution in [3.05, 3.63) is 120 Å². The molecule has 0 saturated heterocycles. The Morgan fingerprint density at radius 3 is 2.63 bits per heavy atom. The van der Waals surface area contributed by atoms with Crippen molar-refractivity contribution in [1.29, 1.82) is 0 Å². The van der Waals surface area contributed by atoms with E-state index in [0.29, 0.717) is 0 Å². The summed E-state index contributed by atoms with van der Waals surface area (Å²) in [5.41, 5.74) is 10.7. The molecule has 4 aromatic carbocycles. The molecule has 7 rings (SSSR count). The molecule has 1 aliphatic heterocycles. The molecular weight excluding hydrogens is 464 g/mol. The van der Waals surface area contributed by atoms with E-state index in [1.54, 1.807) is 0 Å². The van der Waals surface area contributed by atoms with Gasteiger partial charge in [-0.25, -0.2) is 0 Å². The van der Waals surface area contributed by atoms with Crippen LogP contribution >= 0.6 is 0 Å². The Labute approximate surface area is 223 Å². The number of fused-ring (bicyclic) bond motifs is 5. The minimum Gasteiger partial charge on any atom is -0.482 e. The molecule has 2 heterocycles. The third-order valence-electron chi connectivity index (χ3n) is 7.80. The Hall–Kier alpha value is -4.50. The number of nitrogens with one attached hydrogen (secondary N) is 1. The number of benzene rings is 4. The van der Waals surface area contributed by atoms with Crippen LogP contribution in [0.15, 0.2) is 109 Å². The molecule has 1 atom stereocenters. The quantitative estimate of drug-likeness (QED) is 0.253. The summed E-state index contributed by atoms with van der Waals surface area (Å²) in [6, 6.07) is 28.3. The zero-order chi connectivity index (χ0) is 25.6. The fourth-order valence-corrected chi connectivity index (χ4v) is 6.04. The van der Waals surface area contributed by atoms with Crippen molar-refractivity contribution in [2.75, 3.05) is 4.90 Å². The van der Waals surface area contributed by atoms with E-state index in [4.69, 9.17) is 4.74 Å². The first-order chi connectivity index (χ1) is 18.7. The summed E-state index contributed by atoms with van der Waals surface area (Å²) in [6.45, 7) is 4.30. The number of allylic oxidation sites excluding steroid dienone is 3. The number of aryl methyl sites for hydroxylation is 1. The average molecular weight is 495 g/mol. The molecule has 0 saturated carbocycles. The van der Waals surface area contributed by atoms with Gasteiger partial charge < -0.3 is 14.6 Å². The molecule has 5 aromatic rings. The number of para-hydroxylation sites is 1. The minimum atomic E-state index is 0.0112. The van der Waals surface area contributed by atoms with E-state index in [1.165, 1.54) is 44.2 Å². The summed E-state index contributed by atoms with van der Waals surface area (Å²) in [5.74, 6) is 0.924. The number of ether oxygens (including phenoxy) is 1. The van der Waals surface area contributed by atoms with Gasteiger partial charge in [0.15, 0.2) is 0 Å². The molecule has 0 fully saturated rings. The Morgan fingerprint density at radius 2 is 1.76 bits per heavy atom. The van der Waals surface area contributed by atoms with Gasteiger partial charge in [0.25, 0.3) is 0 Å². The first-order valence-electron chi connectivity index (χ1n) is 13.4. The van der Waals surface area contributed by atoms with Crippen LogP contribution in [0.25, 0.3) is 39.0 Å². The zero-order valence-electron chi connectivity index (χ0n) is 21.7. The fraction of sp³-hybridized carbons (Fsp3) is 0.143. The van der Waals surface area contributed by atoms with Crippen LogP contribution in [0.1, 0.15) is 30.9 Å². The molecule has 0 radical (unpaired) electrons. The summed E-state index contributed by atoms with van der Waals surface area (Å²) in [7, 11) is 0. The number of rotatable bonds is 3. The van der Waals surface area contributed by atoms with Crippen molar-refractivity contribution in [3.63, 3.8) is 0 Å². The van der Waals surface area contributed by atoms with Gasteiger partial charge in [0.05, 0.1) is 11.4 Å². The third kappa shape index (κ3) is 3.58. The molecule has 3 heteroatoms. The fourth-order valence-electron chi connectivity index (χ4n) is 6.04. The lowest BCUT2D eigenvalue weighted by atomic mass is 9.94. The molecule has 186 valence electrons. The SMILES string of the molecule is C/C=C\c1ccc2[nH]c3cccc(-c4ccc5c(c4)N(c4ccccc4)C4=CCC=CCC4O5)c3c2c1C. The van der Waals surface area contributed by atoms with Gasteiger partial charge in [-0.15, -0.1) is 0 Å². The molecule has 1 aromatic heterocycles. The first-order valence-corrected chi connectivity index (χ1v) is 13.4. The van der Waals surface area contributed by atoms with Gasteiger partial charge in [0, 0.05) is 33.9 Å².